The van der Waals surface area contributed by atoms with Crippen LogP contribution in [0, 0.1) is 0 Å². The molecule has 0 unspecified atom stereocenters. The molecule has 18 heavy (non-hydrogen) atoms. The molecule has 2 aromatic carbocycles. The van der Waals surface area contributed by atoms with E-state index in [1.54, 1.807) is 7.11 Å². The van der Waals surface area contributed by atoms with Crippen molar-refractivity contribution in [2.24, 2.45) is 0 Å². The van der Waals surface area contributed by atoms with E-state index in [0.717, 1.165) is 22.0 Å². The van der Waals surface area contributed by atoms with E-state index < -0.39 is 0 Å². The summed E-state index contributed by atoms with van der Waals surface area (Å²) in [6.45, 7) is 0.689. The molecule has 0 amide bonds. The van der Waals surface area contributed by atoms with E-state index in [0.29, 0.717) is 12.2 Å². The maximum absolute atomic E-state index is 5.89. The van der Waals surface area contributed by atoms with E-state index in [1.165, 1.54) is 0 Å². The zero-order valence-electron chi connectivity index (χ0n) is 10.1. The second-order valence-electron chi connectivity index (χ2n) is 3.93. The van der Waals surface area contributed by atoms with Crippen molar-refractivity contribution in [2.75, 3.05) is 18.2 Å². The molecular formula is C14H15ClN2O. The van der Waals surface area contributed by atoms with E-state index in [-0.39, 0.29) is 0 Å². The van der Waals surface area contributed by atoms with Crippen LogP contribution < -0.4 is 15.8 Å². The lowest BCUT2D eigenvalue weighted by atomic mass is 10.2. The fourth-order valence-corrected chi connectivity index (χ4v) is 1.74. The number of ether oxygens (including phenoxy) is 1. The molecule has 0 aliphatic rings. The molecule has 0 saturated heterocycles. The van der Waals surface area contributed by atoms with Gasteiger partial charge in [-0.1, -0.05) is 23.7 Å². The summed E-state index contributed by atoms with van der Waals surface area (Å²) in [5.74, 6) is 0.780. The zero-order valence-corrected chi connectivity index (χ0v) is 10.9. The molecule has 0 aliphatic heterocycles. The van der Waals surface area contributed by atoms with E-state index in [9.17, 15) is 0 Å². The summed E-state index contributed by atoms with van der Waals surface area (Å²) >= 11 is 5.84. The molecule has 2 aromatic rings. The van der Waals surface area contributed by atoms with Crippen molar-refractivity contribution in [1.29, 1.82) is 0 Å². The summed E-state index contributed by atoms with van der Waals surface area (Å²) in [5, 5.41) is 4.01. The molecule has 0 saturated carbocycles. The number of hydrogen-bond donors (Lipinski definition) is 2. The number of anilines is 2. The minimum Gasteiger partial charge on any atom is -0.497 e. The maximum Gasteiger partial charge on any atom is 0.121 e. The maximum atomic E-state index is 5.89. The summed E-state index contributed by atoms with van der Waals surface area (Å²) < 4.78 is 5.16. The fourth-order valence-electron chi connectivity index (χ4n) is 1.62. The second-order valence-corrected chi connectivity index (χ2v) is 4.37. The van der Waals surface area contributed by atoms with Crippen molar-refractivity contribution in [1.82, 2.24) is 0 Å². The molecule has 94 valence electrons. The molecule has 0 bridgehead atoms. The molecule has 0 radical (unpaired) electrons. The normalized spacial score (nSPS) is 10.1. The van der Waals surface area contributed by atoms with Crippen molar-refractivity contribution in [3.8, 4) is 5.75 Å². The molecule has 0 heterocycles. The topological polar surface area (TPSA) is 47.3 Å². The first kappa shape index (κ1) is 12.6. The van der Waals surface area contributed by atoms with Crippen molar-refractivity contribution < 1.29 is 4.74 Å². The third-order valence-electron chi connectivity index (χ3n) is 2.66. The molecule has 4 heteroatoms. The van der Waals surface area contributed by atoms with Gasteiger partial charge in [0.2, 0.25) is 0 Å². The lowest BCUT2D eigenvalue weighted by Gasteiger charge is -2.11. The second kappa shape index (κ2) is 5.65. The lowest BCUT2D eigenvalue weighted by molar-refractivity contribution is 0.415. The van der Waals surface area contributed by atoms with Gasteiger partial charge in [-0.3, -0.25) is 0 Å². The van der Waals surface area contributed by atoms with Gasteiger partial charge in [-0.2, -0.15) is 0 Å². The minimum atomic E-state index is 0.689. The molecule has 0 atom stereocenters. The first-order valence-electron chi connectivity index (χ1n) is 5.61. The van der Waals surface area contributed by atoms with Gasteiger partial charge in [0.25, 0.3) is 0 Å². The van der Waals surface area contributed by atoms with E-state index in [4.69, 9.17) is 22.1 Å². The van der Waals surface area contributed by atoms with Gasteiger partial charge in [0, 0.05) is 17.6 Å². The van der Waals surface area contributed by atoms with Crippen LogP contribution in [0.4, 0.5) is 11.4 Å². The Bertz CT molecular complexity index is 526. The molecule has 2 rings (SSSR count). The van der Waals surface area contributed by atoms with Crippen LogP contribution in [-0.2, 0) is 6.54 Å². The van der Waals surface area contributed by atoms with Gasteiger partial charge >= 0.3 is 0 Å². The van der Waals surface area contributed by atoms with Crippen LogP contribution >= 0.6 is 11.6 Å². The third kappa shape index (κ3) is 3.08. The van der Waals surface area contributed by atoms with Gasteiger partial charge in [0.1, 0.15) is 5.75 Å². The minimum absolute atomic E-state index is 0.689. The average molecular weight is 263 g/mol. The molecule has 0 aliphatic carbocycles. The van der Waals surface area contributed by atoms with Gasteiger partial charge in [0.15, 0.2) is 0 Å². The monoisotopic (exact) mass is 262 g/mol. The van der Waals surface area contributed by atoms with Crippen LogP contribution in [-0.4, -0.2) is 7.11 Å². The number of nitrogens with one attached hydrogen (secondary N) is 1. The van der Waals surface area contributed by atoms with Gasteiger partial charge in [-0.05, 0) is 29.8 Å². The van der Waals surface area contributed by atoms with Crippen LogP contribution in [0.1, 0.15) is 5.56 Å². The standard InChI is InChI=1S/C14H15ClN2O/c1-18-12-6-7-13(16)14(8-12)17-9-10-2-4-11(15)5-3-10/h2-8,17H,9,16H2,1H3. The van der Waals surface area contributed by atoms with E-state index in [2.05, 4.69) is 5.32 Å². The Balaban J connectivity index is 2.07. The molecule has 0 aromatic heterocycles. The number of halogens is 1. The number of nitrogens with two attached hydrogens (primary N) is 1. The van der Waals surface area contributed by atoms with Crippen molar-refractivity contribution >= 4 is 23.0 Å². The largest absolute Gasteiger partial charge is 0.497 e. The Morgan fingerprint density at radius 3 is 2.56 bits per heavy atom. The summed E-state index contributed by atoms with van der Waals surface area (Å²) in [7, 11) is 1.63. The fraction of sp³-hybridized carbons (Fsp3) is 0.143. The summed E-state index contributed by atoms with van der Waals surface area (Å²) in [5.41, 5.74) is 8.60. The highest BCUT2D eigenvalue weighted by Crippen LogP contribution is 2.24. The lowest BCUT2D eigenvalue weighted by Crippen LogP contribution is -2.02. The Kier molecular flexibility index (Phi) is 3.95. The van der Waals surface area contributed by atoms with Crippen molar-refractivity contribution in [3.05, 3.63) is 53.1 Å². The van der Waals surface area contributed by atoms with Crippen LogP contribution in [0.25, 0.3) is 0 Å². The Labute approximate surface area is 112 Å². The predicted octanol–water partition coefficient (Wildman–Crippen LogP) is 3.54. The van der Waals surface area contributed by atoms with Gasteiger partial charge in [-0.25, -0.2) is 0 Å². The highest BCUT2D eigenvalue weighted by atomic mass is 35.5. The van der Waals surface area contributed by atoms with E-state index in [1.807, 2.05) is 42.5 Å². The quantitative estimate of drug-likeness (QED) is 0.829. The Morgan fingerprint density at radius 1 is 1.17 bits per heavy atom. The van der Waals surface area contributed by atoms with Crippen LogP contribution in [0.3, 0.4) is 0 Å². The van der Waals surface area contributed by atoms with Crippen molar-refractivity contribution in [2.45, 2.75) is 6.54 Å². The Hall–Kier alpha value is -1.87. The smallest absolute Gasteiger partial charge is 0.121 e. The first-order chi connectivity index (χ1) is 8.69. The number of methoxy groups -OCH3 is 1. The van der Waals surface area contributed by atoms with Crippen LogP contribution in [0.5, 0.6) is 5.75 Å². The number of benzene rings is 2. The molecular weight excluding hydrogens is 248 g/mol. The SMILES string of the molecule is COc1ccc(N)c(NCc2ccc(Cl)cc2)c1. The molecule has 3 N–H and O–H groups in total. The van der Waals surface area contributed by atoms with Crippen molar-refractivity contribution in [3.63, 3.8) is 0 Å². The number of hydrogen-bond acceptors (Lipinski definition) is 3. The zero-order chi connectivity index (χ0) is 13.0. The summed E-state index contributed by atoms with van der Waals surface area (Å²) in [6, 6.07) is 13.2. The van der Waals surface area contributed by atoms with Gasteiger partial charge in [-0.15, -0.1) is 0 Å². The predicted molar refractivity (Wildman–Crippen MR) is 76.2 cm³/mol. The summed E-state index contributed by atoms with van der Waals surface area (Å²) in [6.07, 6.45) is 0. The van der Waals surface area contributed by atoms with Crippen LogP contribution in [0.15, 0.2) is 42.5 Å². The van der Waals surface area contributed by atoms with Crippen LogP contribution in [0.2, 0.25) is 5.02 Å². The summed E-state index contributed by atoms with van der Waals surface area (Å²) in [4.78, 5) is 0. The first-order valence-corrected chi connectivity index (χ1v) is 5.98. The third-order valence-corrected chi connectivity index (χ3v) is 2.91. The molecule has 0 spiro atoms. The highest BCUT2D eigenvalue weighted by Gasteiger charge is 2.01. The molecule has 0 fully saturated rings. The average Bonchev–Trinajstić information content (AvgIpc) is 2.40. The van der Waals surface area contributed by atoms with E-state index >= 15 is 0 Å². The number of rotatable bonds is 4. The Morgan fingerprint density at radius 2 is 1.89 bits per heavy atom. The number of nitrogen functional groups attached to an aromatic ring is 1. The van der Waals surface area contributed by atoms with Gasteiger partial charge < -0.3 is 15.8 Å². The highest BCUT2D eigenvalue weighted by molar-refractivity contribution is 6.30. The molecule has 3 nitrogen and oxygen atoms in total. The van der Waals surface area contributed by atoms with Gasteiger partial charge in [0.05, 0.1) is 18.5 Å².